The molecule has 0 unspecified atom stereocenters. The Morgan fingerprint density at radius 3 is 2.34 bits per heavy atom. The number of piperazine rings is 1. The lowest BCUT2D eigenvalue weighted by atomic mass is 10.1. The highest BCUT2D eigenvalue weighted by Gasteiger charge is 2.24. The monoisotopic (exact) mass is 437 g/mol. The molecule has 1 fully saturated rings. The van der Waals surface area contributed by atoms with E-state index in [-0.39, 0.29) is 23.8 Å². The highest BCUT2D eigenvalue weighted by molar-refractivity contribution is 5.79. The van der Waals surface area contributed by atoms with Crippen molar-refractivity contribution in [3.8, 4) is 5.69 Å². The number of carbonyl (C=O) groups is 1. The van der Waals surface area contributed by atoms with Gasteiger partial charge in [-0.2, -0.15) is 5.10 Å². The number of aryl methyl sites for hydroxylation is 2. The van der Waals surface area contributed by atoms with E-state index in [0.717, 1.165) is 22.6 Å². The summed E-state index contributed by atoms with van der Waals surface area (Å²) in [6.45, 7) is 6.04. The van der Waals surface area contributed by atoms with Crippen molar-refractivity contribution in [1.29, 1.82) is 0 Å². The van der Waals surface area contributed by atoms with E-state index >= 15 is 0 Å². The van der Waals surface area contributed by atoms with Crippen LogP contribution in [0.4, 0.5) is 15.8 Å². The van der Waals surface area contributed by atoms with E-state index in [9.17, 15) is 19.3 Å². The minimum atomic E-state index is -0.401. The quantitative estimate of drug-likeness (QED) is 0.451. The average Bonchev–Trinajstić information content (AvgIpc) is 3.12. The SMILES string of the molecule is Cc1cc(C)n(-c2cc(N3CCN(C(=O)Cc4ccc(F)cc4)CC3)ccc2[N+](=O)[O-])n1. The standard InChI is InChI=1S/C23H24FN5O3/c1-16-13-17(2)28(25-16)22-15-20(7-8-21(22)29(31)32)26-9-11-27(12-10-26)23(30)14-18-3-5-19(24)6-4-18/h3-8,13,15H,9-12,14H2,1-2H3. The number of nitro benzene ring substituents is 1. The summed E-state index contributed by atoms with van der Waals surface area (Å²) < 4.78 is 14.7. The second-order valence-corrected chi connectivity index (χ2v) is 7.94. The molecule has 0 bridgehead atoms. The van der Waals surface area contributed by atoms with Gasteiger partial charge in [0.15, 0.2) is 0 Å². The van der Waals surface area contributed by atoms with Gasteiger partial charge in [0, 0.05) is 43.6 Å². The molecule has 1 amide bonds. The van der Waals surface area contributed by atoms with Gasteiger partial charge in [-0.3, -0.25) is 14.9 Å². The predicted molar refractivity (Wildman–Crippen MR) is 119 cm³/mol. The number of anilines is 1. The zero-order chi connectivity index (χ0) is 22.8. The Kier molecular flexibility index (Phi) is 5.89. The maximum Gasteiger partial charge on any atom is 0.295 e. The average molecular weight is 437 g/mol. The summed E-state index contributed by atoms with van der Waals surface area (Å²) in [6.07, 6.45) is 0.236. The van der Waals surface area contributed by atoms with Crippen LogP contribution in [-0.2, 0) is 11.2 Å². The molecule has 166 valence electrons. The lowest BCUT2D eigenvalue weighted by Gasteiger charge is -2.36. The van der Waals surface area contributed by atoms with Crippen LogP contribution in [0.3, 0.4) is 0 Å². The number of halogens is 1. The molecule has 0 atom stereocenters. The molecule has 8 nitrogen and oxygen atoms in total. The maximum absolute atomic E-state index is 13.1. The third-order valence-electron chi connectivity index (χ3n) is 5.66. The van der Waals surface area contributed by atoms with Crippen LogP contribution in [0, 0.1) is 29.8 Å². The Hall–Kier alpha value is -3.75. The third-order valence-corrected chi connectivity index (χ3v) is 5.66. The Balaban J connectivity index is 1.48. The molecule has 0 radical (unpaired) electrons. The molecule has 0 N–H and O–H groups in total. The number of carbonyl (C=O) groups excluding carboxylic acids is 1. The smallest absolute Gasteiger partial charge is 0.295 e. The fourth-order valence-corrected chi connectivity index (χ4v) is 4.01. The number of hydrogen-bond acceptors (Lipinski definition) is 5. The van der Waals surface area contributed by atoms with E-state index in [1.165, 1.54) is 18.2 Å². The first-order valence-corrected chi connectivity index (χ1v) is 10.4. The molecule has 0 saturated carbocycles. The highest BCUT2D eigenvalue weighted by atomic mass is 19.1. The molecule has 3 aromatic rings. The molecule has 2 aromatic carbocycles. The van der Waals surface area contributed by atoms with Crippen LogP contribution in [0.5, 0.6) is 0 Å². The molecule has 1 aliphatic rings. The molecule has 1 saturated heterocycles. The maximum atomic E-state index is 13.1. The van der Waals surface area contributed by atoms with Crippen molar-refractivity contribution in [3.05, 3.63) is 81.4 Å². The molecular weight excluding hydrogens is 413 g/mol. The third kappa shape index (κ3) is 4.46. The van der Waals surface area contributed by atoms with E-state index in [4.69, 9.17) is 0 Å². The van der Waals surface area contributed by atoms with Gasteiger partial charge >= 0.3 is 0 Å². The summed E-state index contributed by atoms with van der Waals surface area (Å²) >= 11 is 0. The highest BCUT2D eigenvalue weighted by Crippen LogP contribution is 2.29. The summed E-state index contributed by atoms with van der Waals surface area (Å²) in [6, 6.07) is 12.9. The lowest BCUT2D eigenvalue weighted by molar-refractivity contribution is -0.384. The van der Waals surface area contributed by atoms with Gasteiger partial charge in [-0.15, -0.1) is 0 Å². The minimum absolute atomic E-state index is 0.00304. The summed E-state index contributed by atoms with van der Waals surface area (Å²) in [5, 5.41) is 16.0. The molecule has 2 heterocycles. The Morgan fingerprint density at radius 2 is 1.75 bits per heavy atom. The fourth-order valence-electron chi connectivity index (χ4n) is 4.01. The second-order valence-electron chi connectivity index (χ2n) is 7.94. The topological polar surface area (TPSA) is 84.5 Å². The molecule has 1 aromatic heterocycles. The largest absolute Gasteiger partial charge is 0.368 e. The Labute approximate surface area is 185 Å². The van der Waals surface area contributed by atoms with Gasteiger partial charge in [0.05, 0.1) is 17.0 Å². The van der Waals surface area contributed by atoms with Crippen LogP contribution in [0.1, 0.15) is 17.0 Å². The molecule has 32 heavy (non-hydrogen) atoms. The van der Waals surface area contributed by atoms with Crippen LogP contribution in [0.15, 0.2) is 48.5 Å². The predicted octanol–water partition coefficient (Wildman–Crippen LogP) is 3.43. The van der Waals surface area contributed by atoms with E-state index in [1.54, 1.807) is 33.8 Å². The van der Waals surface area contributed by atoms with Crippen molar-refractivity contribution >= 4 is 17.3 Å². The van der Waals surface area contributed by atoms with Crippen LogP contribution in [0.25, 0.3) is 5.69 Å². The van der Waals surface area contributed by atoms with Gasteiger partial charge in [-0.05, 0) is 49.7 Å². The van der Waals surface area contributed by atoms with E-state index < -0.39 is 4.92 Å². The zero-order valence-electron chi connectivity index (χ0n) is 18.0. The normalized spacial score (nSPS) is 14.0. The number of amides is 1. The van der Waals surface area contributed by atoms with Crippen molar-refractivity contribution < 1.29 is 14.1 Å². The first-order valence-electron chi connectivity index (χ1n) is 10.4. The summed E-state index contributed by atoms with van der Waals surface area (Å²) in [7, 11) is 0. The molecular formula is C23H24FN5O3. The summed E-state index contributed by atoms with van der Waals surface area (Å²) in [5.74, 6) is -0.318. The number of nitro groups is 1. The van der Waals surface area contributed by atoms with Crippen LogP contribution < -0.4 is 4.90 Å². The first-order chi connectivity index (χ1) is 15.3. The number of rotatable bonds is 5. The van der Waals surface area contributed by atoms with Crippen molar-refractivity contribution in [1.82, 2.24) is 14.7 Å². The number of nitrogens with zero attached hydrogens (tertiary/aromatic N) is 5. The number of hydrogen-bond donors (Lipinski definition) is 0. The molecule has 0 spiro atoms. The number of benzene rings is 2. The van der Waals surface area contributed by atoms with Gasteiger partial charge in [-0.1, -0.05) is 12.1 Å². The lowest BCUT2D eigenvalue weighted by Crippen LogP contribution is -2.49. The van der Waals surface area contributed by atoms with Gasteiger partial charge < -0.3 is 9.80 Å². The molecule has 1 aliphatic heterocycles. The molecule has 0 aliphatic carbocycles. The van der Waals surface area contributed by atoms with Crippen molar-refractivity contribution in [2.24, 2.45) is 0 Å². The molecule has 4 rings (SSSR count). The van der Waals surface area contributed by atoms with Gasteiger partial charge in [0.25, 0.3) is 5.69 Å². The Bertz CT molecular complexity index is 1150. The van der Waals surface area contributed by atoms with Gasteiger partial charge in [0.1, 0.15) is 11.5 Å². The van der Waals surface area contributed by atoms with Gasteiger partial charge in [0.2, 0.25) is 5.91 Å². The second kappa shape index (κ2) is 8.78. The Morgan fingerprint density at radius 1 is 1.06 bits per heavy atom. The van der Waals surface area contributed by atoms with E-state index in [0.29, 0.717) is 31.9 Å². The summed E-state index contributed by atoms with van der Waals surface area (Å²) in [5.41, 5.74) is 3.66. The van der Waals surface area contributed by atoms with Crippen LogP contribution >= 0.6 is 0 Å². The van der Waals surface area contributed by atoms with Crippen molar-refractivity contribution in [2.75, 3.05) is 31.1 Å². The first kappa shape index (κ1) is 21.5. The van der Waals surface area contributed by atoms with Crippen molar-refractivity contribution in [3.63, 3.8) is 0 Å². The van der Waals surface area contributed by atoms with Crippen molar-refractivity contribution in [2.45, 2.75) is 20.3 Å². The fraction of sp³-hybridized carbons (Fsp3) is 0.304. The van der Waals surface area contributed by atoms with E-state index in [2.05, 4.69) is 10.00 Å². The minimum Gasteiger partial charge on any atom is -0.368 e. The summed E-state index contributed by atoms with van der Waals surface area (Å²) in [4.78, 5) is 27.7. The van der Waals surface area contributed by atoms with Gasteiger partial charge in [-0.25, -0.2) is 9.07 Å². The zero-order valence-corrected chi connectivity index (χ0v) is 18.0. The van der Waals surface area contributed by atoms with E-state index in [1.807, 2.05) is 19.9 Å². The van der Waals surface area contributed by atoms with Crippen LogP contribution in [0.2, 0.25) is 0 Å². The number of aromatic nitrogens is 2. The van der Waals surface area contributed by atoms with Crippen LogP contribution in [-0.4, -0.2) is 51.7 Å². The molecule has 9 heteroatoms.